The van der Waals surface area contributed by atoms with Crippen LogP contribution in [-0.4, -0.2) is 48.3 Å². The highest BCUT2D eigenvalue weighted by atomic mass is 16.3. The van der Waals surface area contributed by atoms with Crippen molar-refractivity contribution in [1.29, 1.82) is 0 Å². The van der Waals surface area contributed by atoms with Gasteiger partial charge in [0.1, 0.15) is 0 Å². The molecule has 1 aliphatic carbocycles. The zero-order valence-corrected chi connectivity index (χ0v) is 14.0. The van der Waals surface area contributed by atoms with E-state index in [9.17, 15) is 5.11 Å². The third-order valence-corrected chi connectivity index (χ3v) is 5.05. The molecule has 0 aromatic carbocycles. The second-order valence-corrected chi connectivity index (χ2v) is 6.51. The van der Waals surface area contributed by atoms with Gasteiger partial charge in [0.15, 0.2) is 0 Å². The van der Waals surface area contributed by atoms with Crippen molar-refractivity contribution in [1.82, 2.24) is 10.2 Å². The molecular weight excluding hydrogens is 248 g/mol. The summed E-state index contributed by atoms with van der Waals surface area (Å²) in [6, 6.07) is 0. The van der Waals surface area contributed by atoms with Gasteiger partial charge in [-0.2, -0.15) is 0 Å². The van der Waals surface area contributed by atoms with E-state index in [-0.39, 0.29) is 12.1 Å². The highest BCUT2D eigenvalue weighted by Crippen LogP contribution is 2.27. The van der Waals surface area contributed by atoms with Crippen LogP contribution in [-0.2, 0) is 0 Å². The molecule has 0 saturated heterocycles. The van der Waals surface area contributed by atoms with Gasteiger partial charge >= 0.3 is 0 Å². The largest absolute Gasteiger partial charge is 0.394 e. The lowest BCUT2D eigenvalue weighted by atomic mass is 9.85. The molecule has 0 heterocycles. The van der Waals surface area contributed by atoms with Crippen LogP contribution in [0.5, 0.6) is 0 Å². The molecule has 0 spiro atoms. The standard InChI is InChI=1S/C17H36N2O/c1-4-12-18-17(5-2,15-20)11-8-13-19(6-3)14-16-9-7-10-16/h16,18,20H,4-15H2,1-3H3. The van der Waals surface area contributed by atoms with Crippen LogP contribution in [0.1, 0.15) is 65.7 Å². The van der Waals surface area contributed by atoms with Crippen molar-refractivity contribution in [3.8, 4) is 0 Å². The molecule has 0 radical (unpaired) electrons. The summed E-state index contributed by atoms with van der Waals surface area (Å²) >= 11 is 0. The molecule has 3 heteroatoms. The molecule has 0 amide bonds. The highest BCUT2D eigenvalue weighted by molar-refractivity contribution is 4.86. The second kappa shape index (κ2) is 9.75. The van der Waals surface area contributed by atoms with E-state index in [2.05, 4.69) is 31.0 Å². The number of hydrogen-bond acceptors (Lipinski definition) is 3. The first-order chi connectivity index (χ1) is 9.69. The molecule has 120 valence electrons. The van der Waals surface area contributed by atoms with Crippen molar-refractivity contribution in [2.24, 2.45) is 5.92 Å². The van der Waals surface area contributed by atoms with Gasteiger partial charge in [-0.3, -0.25) is 0 Å². The number of rotatable bonds is 12. The van der Waals surface area contributed by atoms with E-state index in [1.165, 1.54) is 38.8 Å². The maximum Gasteiger partial charge on any atom is 0.0613 e. The van der Waals surface area contributed by atoms with Gasteiger partial charge in [-0.15, -0.1) is 0 Å². The molecule has 1 saturated carbocycles. The van der Waals surface area contributed by atoms with Crippen LogP contribution in [0.15, 0.2) is 0 Å². The lowest BCUT2D eigenvalue weighted by molar-refractivity contribution is 0.132. The van der Waals surface area contributed by atoms with Crippen molar-refractivity contribution in [2.45, 2.75) is 71.3 Å². The Kier molecular flexibility index (Phi) is 8.74. The van der Waals surface area contributed by atoms with Gasteiger partial charge in [-0.25, -0.2) is 0 Å². The van der Waals surface area contributed by atoms with Crippen LogP contribution < -0.4 is 5.32 Å². The van der Waals surface area contributed by atoms with E-state index in [0.717, 1.165) is 38.3 Å². The first kappa shape index (κ1) is 17.9. The fourth-order valence-electron chi connectivity index (χ4n) is 3.09. The van der Waals surface area contributed by atoms with Gasteiger partial charge in [-0.05, 0) is 64.1 Å². The average molecular weight is 284 g/mol. The molecule has 1 rings (SSSR count). The maximum absolute atomic E-state index is 9.74. The minimum absolute atomic E-state index is 0.0497. The fraction of sp³-hybridized carbons (Fsp3) is 1.00. The van der Waals surface area contributed by atoms with Crippen molar-refractivity contribution in [3.05, 3.63) is 0 Å². The molecule has 0 aromatic rings. The molecule has 1 atom stereocenters. The number of nitrogens with zero attached hydrogens (tertiary/aromatic N) is 1. The maximum atomic E-state index is 9.74. The van der Waals surface area contributed by atoms with E-state index in [1.54, 1.807) is 0 Å². The Balaban J connectivity index is 2.29. The molecule has 20 heavy (non-hydrogen) atoms. The van der Waals surface area contributed by atoms with E-state index in [1.807, 2.05) is 0 Å². The van der Waals surface area contributed by atoms with Crippen LogP contribution in [0.2, 0.25) is 0 Å². The van der Waals surface area contributed by atoms with Crippen molar-refractivity contribution < 1.29 is 5.11 Å². The van der Waals surface area contributed by atoms with E-state index in [4.69, 9.17) is 0 Å². The molecule has 2 N–H and O–H groups in total. The number of hydrogen-bond donors (Lipinski definition) is 2. The van der Waals surface area contributed by atoms with Gasteiger partial charge < -0.3 is 15.3 Å². The minimum atomic E-state index is -0.0497. The quantitative estimate of drug-likeness (QED) is 0.578. The summed E-state index contributed by atoms with van der Waals surface area (Å²) in [7, 11) is 0. The van der Waals surface area contributed by atoms with Crippen LogP contribution in [0, 0.1) is 5.92 Å². The van der Waals surface area contributed by atoms with Crippen LogP contribution in [0.3, 0.4) is 0 Å². The Morgan fingerprint density at radius 1 is 1.25 bits per heavy atom. The zero-order valence-electron chi connectivity index (χ0n) is 14.0. The summed E-state index contributed by atoms with van der Waals surface area (Å²) in [4.78, 5) is 2.60. The monoisotopic (exact) mass is 284 g/mol. The third-order valence-electron chi connectivity index (χ3n) is 5.05. The van der Waals surface area contributed by atoms with Gasteiger partial charge in [0.2, 0.25) is 0 Å². The molecule has 1 unspecified atom stereocenters. The normalized spacial score (nSPS) is 19.1. The van der Waals surface area contributed by atoms with E-state index in [0.29, 0.717) is 0 Å². The summed E-state index contributed by atoms with van der Waals surface area (Å²) < 4.78 is 0. The Hall–Kier alpha value is -0.120. The van der Waals surface area contributed by atoms with Crippen LogP contribution in [0.4, 0.5) is 0 Å². The summed E-state index contributed by atoms with van der Waals surface area (Å²) in [5.74, 6) is 0.960. The van der Waals surface area contributed by atoms with Crippen molar-refractivity contribution in [2.75, 3.05) is 32.8 Å². The number of nitrogens with one attached hydrogen (secondary N) is 1. The minimum Gasteiger partial charge on any atom is -0.394 e. The van der Waals surface area contributed by atoms with Gasteiger partial charge in [-0.1, -0.05) is 27.2 Å². The summed E-state index contributed by atoms with van der Waals surface area (Å²) in [6.07, 6.45) is 8.72. The predicted molar refractivity (Wildman–Crippen MR) is 87.1 cm³/mol. The van der Waals surface area contributed by atoms with Crippen molar-refractivity contribution in [3.63, 3.8) is 0 Å². The lowest BCUT2D eigenvalue weighted by Gasteiger charge is -2.35. The first-order valence-electron chi connectivity index (χ1n) is 8.78. The summed E-state index contributed by atoms with van der Waals surface area (Å²) in [5, 5.41) is 13.3. The van der Waals surface area contributed by atoms with Crippen molar-refractivity contribution >= 4 is 0 Å². The second-order valence-electron chi connectivity index (χ2n) is 6.51. The zero-order chi connectivity index (χ0) is 14.8. The number of aliphatic hydroxyl groups excluding tert-OH is 1. The Morgan fingerprint density at radius 2 is 2.00 bits per heavy atom. The molecule has 0 aliphatic heterocycles. The Morgan fingerprint density at radius 3 is 2.45 bits per heavy atom. The summed E-state index contributed by atoms with van der Waals surface area (Å²) in [5.41, 5.74) is -0.0497. The Bertz CT molecular complexity index is 237. The molecule has 1 fully saturated rings. The Labute approximate surface area is 126 Å². The smallest absolute Gasteiger partial charge is 0.0613 e. The molecule has 1 aliphatic rings. The highest BCUT2D eigenvalue weighted by Gasteiger charge is 2.26. The predicted octanol–water partition coefficient (Wildman–Crippen LogP) is 3.03. The fourth-order valence-corrected chi connectivity index (χ4v) is 3.09. The SMILES string of the molecule is CCCNC(CC)(CO)CCCN(CC)CC1CCC1. The summed E-state index contributed by atoms with van der Waals surface area (Å²) in [6.45, 7) is 11.5. The molecule has 0 aromatic heterocycles. The lowest BCUT2D eigenvalue weighted by Crippen LogP contribution is -2.48. The van der Waals surface area contributed by atoms with E-state index >= 15 is 0 Å². The van der Waals surface area contributed by atoms with Gasteiger partial charge in [0, 0.05) is 12.1 Å². The van der Waals surface area contributed by atoms with E-state index < -0.39 is 0 Å². The molecule has 3 nitrogen and oxygen atoms in total. The molecule has 0 bridgehead atoms. The first-order valence-corrected chi connectivity index (χ1v) is 8.78. The van der Waals surface area contributed by atoms with Gasteiger partial charge in [0.05, 0.1) is 6.61 Å². The topological polar surface area (TPSA) is 35.5 Å². The third kappa shape index (κ3) is 5.71. The van der Waals surface area contributed by atoms with Crippen LogP contribution >= 0.6 is 0 Å². The van der Waals surface area contributed by atoms with Gasteiger partial charge in [0.25, 0.3) is 0 Å². The van der Waals surface area contributed by atoms with Crippen LogP contribution in [0.25, 0.3) is 0 Å². The number of aliphatic hydroxyl groups is 1. The average Bonchev–Trinajstić information content (AvgIpc) is 2.44. The molecular formula is C17H36N2O.